The fourth-order valence-electron chi connectivity index (χ4n) is 3.40. The van der Waals surface area contributed by atoms with E-state index in [1.807, 2.05) is 23.1 Å². The van der Waals surface area contributed by atoms with E-state index in [0.29, 0.717) is 12.5 Å². The van der Waals surface area contributed by atoms with Crippen molar-refractivity contribution in [1.82, 2.24) is 4.90 Å². The minimum atomic E-state index is 0. The maximum absolute atomic E-state index is 12.6. The Morgan fingerprint density at radius 1 is 1.15 bits per heavy atom. The number of carbonyl (C=O) groups is 1. The molecule has 5 heteroatoms. The van der Waals surface area contributed by atoms with Crippen LogP contribution in [0.3, 0.4) is 0 Å². The van der Waals surface area contributed by atoms with E-state index in [2.05, 4.69) is 48.2 Å². The first-order valence-corrected chi connectivity index (χ1v) is 9.09. The van der Waals surface area contributed by atoms with Crippen molar-refractivity contribution in [2.24, 2.45) is 11.7 Å². The van der Waals surface area contributed by atoms with Crippen molar-refractivity contribution in [2.45, 2.75) is 19.9 Å². The fraction of sp³-hybridized carbons (Fsp3) is 0.381. The molecule has 1 heterocycles. The van der Waals surface area contributed by atoms with Gasteiger partial charge in [-0.05, 0) is 55.6 Å². The van der Waals surface area contributed by atoms with Gasteiger partial charge in [0.15, 0.2) is 0 Å². The van der Waals surface area contributed by atoms with Crippen LogP contribution in [0.5, 0.6) is 0 Å². The van der Waals surface area contributed by atoms with Crippen LogP contribution in [0.15, 0.2) is 54.6 Å². The summed E-state index contributed by atoms with van der Waals surface area (Å²) in [6, 6.07) is 18.4. The molecule has 1 amide bonds. The maximum Gasteiger partial charge on any atom is 0.253 e. The van der Waals surface area contributed by atoms with Crippen LogP contribution in [0.2, 0.25) is 0 Å². The Morgan fingerprint density at radius 3 is 2.42 bits per heavy atom. The molecule has 0 aromatic heterocycles. The van der Waals surface area contributed by atoms with Crippen LogP contribution in [-0.4, -0.2) is 37.0 Å². The molecule has 2 aromatic rings. The molecule has 1 saturated heterocycles. The summed E-state index contributed by atoms with van der Waals surface area (Å²) in [5.74, 6) is 0.568. The monoisotopic (exact) mass is 373 g/mol. The van der Waals surface area contributed by atoms with Crippen LogP contribution in [0.25, 0.3) is 0 Å². The highest BCUT2D eigenvalue weighted by Gasteiger charge is 2.25. The number of amides is 1. The smallest absolute Gasteiger partial charge is 0.253 e. The molecule has 2 N–H and O–H groups in total. The Hall–Kier alpha value is -2.04. The summed E-state index contributed by atoms with van der Waals surface area (Å²) in [7, 11) is 0. The average Bonchev–Trinajstić information content (AvgIpc) is 3.16. The largest absolute Gasteiger partial charge is 0.367 e. The van der Waals surface area contributed by atoms with Crippen LogP contribution in [-0.2, 0) is 6.54 Å². The first kappa shape index (κ1) is 20.3. The number of anilines is 1. The predicted molar refractivity (Wildman–Crippen MR) is 110 cm³/mol. The van der Waals surface area contributed by atoms with Gasteiger partial charge in [-0.25, -0.2) is 0 Å². The van der Waals surface area contributed by atoms with Gasteiger partial charge in [-0.1, -0.05) is 30.3 Å². The molecule has 1 aliphatic rings. The zero-order chi connectivity index (χ0) is 17.6. The number of hydrogen-bond donors (Lipinski definition) is 1. The van der Waals surface area contributed by atoms with Gasteiger partial charge >= 0.3 is 0 Å². The number of nitrogens with zero attached hydrogens (tertiary/aromatic N) is 2. The molecule has 1 fully saturated rings. The lowest BCUT2D eigenvalue weighted by atomic mass is 10.1. The molecule has 0 spiro atoms. The Morgan fingerprint density at radius 2 is 1.85 bits per heavy atom. The number of benzene rings is 2. The second kappa shape index (κ2) is 9.60. The molecular formula is C21H28ClN3O. The molecule has 140 valence electrons. The lowest BCUT2D eigenvalue weighted by Gasteiger charge is -2.24. The summed E-state index contributed by atoms with van der Waals surface area (Å²) < 4.78 is 0. The molecule has 0 saturated carbocycles. The third-order valence-corrected chi connectivity index (χ3v) is 4.98. The van der Waals surface area contributed by atoms with Crippen molar-refractivity contribution < 1.29 is 4.79 Å². The predicted octanol–water partition coefficient (Wildman–Crippen LogP) is 3.56. The third-order valence-electron chi connectivity index (χ3n) is 4.98. The van der Waals surface area contributed by atoms with Gasteiger partial charge in [0, 0.05) is 37.4 Å². The van der Waals surface area contributed by atoms with Crippen molar-refractivity contribution in [3.05, 3.63) is 65.7 Å². The normalized spacial score (nSPS) is 16.2. The van der Waals surface area contributed by atoms with Gasteiger partial charge < -0.3 is 15.5 Å². The van der Waals surface area contributed by atoms with Crippen LogP contribution in [0.4, 0.5) is 5.69 Å². The number of halogens is 1. The van der Waals surface area contributed by atoms with Crippen molar-refractivity contribution >= 4 is 24.0 Å². The first-order valence-electron chi connectivity index (χ1n) is 9.09. The molecule has 1 atom stereocenters. The lowest BCUT2D eigenvalue weighted by molar-refractivity contribution is 0.0787. The van der Waals surface area contributed by atoms with Crippen molar-refractivity contribution in [1.29, 1.82) is 0 Å². The number of rotatable bonds is 6. The molecule has 3 rings (SSSR count). The second-order valence-corrected chi connectivity index (χ2v) is 6.69. The van der Waals surface area contributed by atoms with Crippen LogP contribution < -0.4 is 10.6 Å². The molecular weight excluding hydrogens is 346 g/mol. The minimum absolute atomic E-state index is 0. The Bertz CT molecular complexity index is 690. The SMILES string of the molecule is CCN(Cc1ccccc1)c1ccc(C(=O)N2CCC(CN)C2)cc1.Cl. The highest BCUT2D eigenvalue weighted by atomic mass is 35.5. The van der Waals surface area contributed by atoms with Crippen molar-refractivity contribution in [2.75, 3.05) is 31.1 Å². The van der Waals surface area contributed by atoms with Gasteiger partial charge in [-0.3, -0.25) is 4.79 Å². The van der Waals surface area contributed by atoms with Crippen molar-refractivity contribution in [3.8, 4) is 0 Å². The molecule has 1 unspecified atom stereocenters. The maximum atomic E-state index is 12.6. The lowest BCUT2D eigenvalue weighted by Crippen LogP contribution is -2.30. The summed E-state index contributed by atoms with van der Waals surface area (Å²) in [4.78, 5) is 16.9. The topological polar surface area (TPSA) is 49.6 Å². The van der Waals surface area contributed by atoms with Crippen LogP contribution in [0, 0.1) is 5.92 Å². The van der Waals surface area contributed by atoms with Gasteiger partial charge in [0.05, 0.1) is 0 Å². The van der Waals surface area contributed by atoms with Crippen LogP contribution in [0.1, 0.15) is 29.3 Å². The number of nitrogens with two attached hydrogens (primary N) is 1. The van der Waals surface area contributed by atoms with E-state index in [4.69, 9.17) is 5.73 Å². The third kappa shape index (κ3) is 4.77. The molecule has 1 aliphatic heterocycles. The summed E-state index contributed by atoms with van der Waals surface area (Å²) >= 11 is 0. The average molecular weight is 374 g/mol. The minimum Gasteiger partial charge on any atom is -0.367 e. The van der Waals surface area contributed by atoms with Gasteiger partial charge in [0.25, 0.3) is 5.91 Å². The Kier molecular flexibility index (Phi) is 7.49. The number of likely N-dealkylation sites (tertiary alicyclic amines) is 1. The van der Waals surface area contributed by atoms with E-state index < -0.39 is 0 Å². The van der Waals surface area contributed by atoms with Crippen LogP contribution >= 0.6 is 12.4 Å². The first-order chi connectivity index (χ1) is 12.2. The van der Waals surface area contributed by atoms with E-state index in [9.17, 15) is 4.79 Å². The van der Waals surface area contributed by atoms with Gasteiger partial charge in [0.1, 0.15) is 0 Å². The quantitative estimate of drug-likeness (QED) is 0.842. The van der Waals surface area contributed by atoms with Gasteiger partial charge in [-0.2, -0.15) is 0 Å². The molecule has 4 nitrogen and oxygen atoms in total. The van der Waals surface area contributed by atoms with E-state index in [1.165, 1.54) is 5.56 Å². The van der Waals surface area contributed by atoms with Crippen molar-refractivity contribution in [3.63, 3.8) is 0 Å². The molecule has 2 aromatic carbocycles. The molecule has 26 heavy (non-hydrogen) atoms. The second-order valence-electron chi connectivity index (χ2n) is 6.69. The Balaban J connectivity index is 0.00000243. The summed E-state index contributed by atoms with van der Waals surface area (Å²) in [6.45, 7) is 6.21. The highest BCUT2D eigenvalue weighted by molar-refractivity contribution is 5.94. The number of carbonyl (C=O) groups excluding carboxylic acids is 1. The zero-order valence-electron chi connectivity index (χ0n) is 15.3. The van der Waals surface area contributed by atoms with E-state index in [1.54, 1.807) is 0 Å². The summed E-state index contributed by atoms with van der Waals surface area (Å²) in [5, 5.41) is 0. The van der Waals surface area contributed by atoms with E-state index in [0.717, 1.165) is 43.9 Å². The van der Waals surface area contributed by atoms with E-state index in [-0.39, 0.29) is 18.3 Å². The fourth-order valence-corrected chi connectivity index (χ4v) is 3.40. The van der Waals surface area contributed by atoms with Gasteiger partial charge in [0.2, 0.25) is 0 Å². The standard InChI is InChI=1S/C21H27N3O.ClH/c1-2-23(15-17-6-4-3-5-7-17)20-10-8-19(9-11-20)21(25)24-13-12-18(14-22)16-24;/h3-11,18H,2,12-16,22H2,1H3;1H. The van der Waals surface area contributed by atoms with Gasteiger partial charge in [-0.15, -0.1) is 12.4 Å². The molecule has 0 radical (unpaired) electrons. The summed E-state index contributed by atoms with van der Waals surface area (Å²) in [5.41, 5.74) is 8.91. The molecule has 0 aliphatic carbocycles. The van der Waals surface area contributed by atoms with E-state index >= 15 is 0 Å². The zero-order valence-corrected chi connectivity index (χ0v) is 16.1. The number of hydrogen-bond acceptors (Lipinski definition) is 3. The Labute approximate surface area is 162 Å². The molecule has 0 bridgehead atoms. The summed E-state index contributed by atoms with van der Waals surface area (Å²) in [6.07, 6.45) is 1.01. The highest BCUT2D eigenvalue weighted by Crippen LogP contribution is 2.21.